The number of nitrogens with one attached hydrogen (secondary N) is 1. The van der Waals surface area contributed by atoms with Crippen LogP contribution >= 0.6 is 0 Å². The molecule has 1 saturated heterocycles. The maximum absolute atomic E-state index is 14.1. The zero-order chi connectivity index (χ0) is 14.5. The van der Waals surface area contributed by atoms with E-state index in [9.17, 15) is 9.18 Å². The van der Waals surface area contributed by atoms with Crippen LogP contribution in [0.25, 0.3) is 0 Å². The van der Waals surface area contributed by atoms with Crippen molar-refractivity contribution < 1.29 is 9.18 Å². The van der Waals surface area contributed by atoms with Gasteiger partial charge in [0.25, 0.3) is 0 Å². The second kappa shape index (κ2) is 4.55. The summed E-state index contributed by atoms with van der Waals surface area (Å²) in [5.74, 6) is -0.144. The number of nitrogens with zero attached hydrogens (tertiary/aromatic N) is 1. The summed E-state index contributed by atoms with van der Waals surface area (Å²) in [6.07, 6.45) is 1.38. The Morgan fingerprint density at radius 1 is 1.40 bits per heavy atom. The maximum Gasteiger partial charge on any atom is 0.241 e. The van der Waals surface area contributed by atoms with Crippen LogP contribution in [0.5, 0.6) is 0 Å². The van der Waals surface area contributed by atoms with Crippen molar-refractivity contribution in [2.24, 2.45) is 5.41 Å². The van der Waals surface area contributed by atoms with Crippen LogP contribution in [0.3, 0.4) is 0 Å². The van der Waals surface area contributed by atoms with Crippen LogP contribution in [0.1, 0.15) is 45.3 Å². The van der Waals surface area contributed by atoms with Crippen LogP contribution in [0.2, 0.25) is 0 Å². The molecule has 20 heavy (non-hydrogen) atoms. The van der Waals surface area contributed by atoms with E-state index in [1.165, 1.54) is 6.07 Å². The van der Waals surface area contributed by atoms with Gasteiger partial charge in [-0.05, 0) is 24.3 Å². The maximum atomic E-state index is 14.1. The lowest BCUT2D eigenvalue weighted by atomic mass is 10.1. The number of carbonyl (C=O) groups excluding carboxylic acids is 1. The highest BCUT2D eigenvalue weighted by molar-refractivity contribution is 5.85. The van der Waals surface area contributed by atoms with E-state index in [4.69, 9.17) is 0 Å². The van der Waals surface area contributed by atoms with Crippen molar-refractivity contribution >= 4 is 5.91 Å². The van der Waals surface area contributed by atoms with Crippen molar-refractivity contribution in [3.05, 3.63) is 35.6 Å². The zero-order valence-corrected chi connectivity index (χ0v) is 12.2. The molecular weight excluding hydrogens is 255 g/mol. The zero-order valence-electron chi connectivity index (χ0n) is 12.2. The predicted octanol–water partition coefficient (Wildman–Crippen LogP) is 2.83. The molecule has 1 N–H and O–H groups in total. The molecule has 1 aliphatic carbocycles. The number of hydrogen-bond acceptors (Lipinski definition) is 2. The molecule has 0 bridgehead atoms. The van der Waals surface area contributed by atoms with Crippen molar-refractivity contribution in [2.45, 2.75) is 51.9 Å². The Morgan fingerprint density at radius 2 is 2.05 bits per heavy atom. The highest BCUT2D eigenvalue weighted by Crippen LogP contribution is 2.52. The summed E-state index contributed by atoms with van der Waals surface area (Å²) < 4.78 is 14.1. The lowest BCUT2D eigenvalue weighted by molar-refractivity contribution is -0.131. The van der Waals surface area contributed by atoms with E-state index in [2.05, 4.69) is 19.2 Å². The quantitative estimate of drug-likeness (QED) is 0.920. The second-order valence-electron chi connectivity index (χ2n) is 6.51. The average molecular weight is 276 g/mol. The van der Waals surface area contributed by atoms with Crippen LogP contribution in [0.15, 0.2) is 24.3 Å². The molecule has 4 heteroatoms. The Labute approximate surface area is 119 Å². The number of carbonyl (C=O) groups is 1. The topological polar surface area (TPSA) is 32.3 Å². The summed E-state index contributed by atoms with van der Waals surface area (Å²) in [4.78, 5) is 14.4. The molecule has 0 spiro atoms. The van der Waals surface area contributed by atoms with Crippen LogP contribution < -0.4 is 5.32 Å². The first kappa shape index (κ1) is 13.6. The molecule has 1 heterocycles. The van der Waals surface area contributed by atoms with Gasteiger partial charge in [-0.15, -0.1) is 0 Å². The molecule has 1 aliphatic heterocycles. The van der Waals surface area contributed by atoms with Crippen molar-refractivity contribution in [3.8, 4) is 0 Å². The van der Waals surface area contributed by atoms with Crippen molar-refractivity contribution in [1.29, 1.82) is 0 Å². The molecule has 2 fully saturated rings. The van der Waals surface area contributed by atoms with Gasteiger partial charge in [-0.3, -0.25) is 10.1 Å². The van der Waals surface area contributed by atoms with Gasteiger partial charge in [0.15, 0.2) is 0 Å². The molecule has 1 saturated carbocycles. The van der Waals surface area contributed by atoms with Gasteiger partial charge in [0.1, 0.15) is 12.0 Å². The first-order valence-corrected chi connectivity index (χ1v) is 7.28. The van der Waals surface area contributed by atoms with Crippen molar-refractivity contribution in [2.75, 3.05) is 0 Å². The Balaban J connectivity index is 1.96. The number of rotatable bonds is 3. The van der Waals surface area contributed by atoms with Crippen LogP contribution in [0.4, 0.5) is 4.39 Å². The summed E-state index contributed by atoms with van der Waals surface area (Å²) >= 11 is 0. The van der Waals surface area contributed by atoms with E-state index >= 15 is 0 Å². The minimum atomic E-state index is -0.333. The predicted molar refractivity (Wildman–Crippen MR) is 75.4 cm³/mol. The van der Waals surface area contributed by atoms with Gasteiger partial charge in [0, 0.05) is 11.6 Å². The fraction of sp³-hybridized carbons (Fsp3) is 0.562. The van der Waals surface area contributed by atoms with Gasteiger partial charge in [-0.2, -0.15) is 0 Å². The number of halogens is 1. The van der Waals surface area contributed by atoms with Crippen LogP contribution in [-0.2, 0) is 4.79 Å². The van der Waals surface area contributed by atoms with E-state index < -0.39 is 0 Å². The molecular formula is C16H21FN2O. The van der Waals surface area contributed by atoms with Gasteiger partial charge in [-0.25, -0.2) is 4.39 Å². The lowest BCUT2D eigenvalue weighted by Gasteiger charge is -2.26. The number of hydrogen-bond donors (Lipinski definition) is 1. The van der Waals surface area contributed by atoms with Gasteiger partial charge < -0.3 is 4.90 Å². The van der Waals surface area contributed by atoms with Crippen LogP contribution in [-0.4, -0.2) is 22.9 Å². The van der Waals surface area contributed by atoms with Crippen LogP contribution in [0, 0.1) is 11.2 Å². The molecule has 0 radical (unpaired) electrons. The highest BCUT2D eigenvalue weighted by Gasteiger charge is 2.56. The molecule has 3 rings (SSSR count). The normalized spacial score (nSPS) is 31.7. The standard InChI is InChI=1S/C16H21FN2O/c1-4-12-15(20)19(13-9-16(13,2)3)14(18-12)10-7-5-6-8-11(10)17/h5-8,12-14,18H,4,9H2,1-3H3. The summed E-state index contributed by atoms with van der Waals surface area (Å²) in [7, 11) is 0. The smallest absolute Gasteiger partial charge is 0.241 e. The van der Waals surface area contributed by atoms with E-state index in [0.717, 1.165) is 12.8 Å². The molecule has 1 amide bonds. The van der Waals surface area contributed by atoms with Gasteiger partial charge in [0.05, 0.1) is 6.04 Å². The molecule has 108 valence electrons. The van der Waals surface area contributed by atoms with Gasteiger partial charge in [0.2, 0.25) is 5.91 Å². The second-order valence-corrected chi connectivity index (χ2v) is 6.51. The molecule has 3 atom stereocenters. The minimum absolute atomic E-state index is 0.108. The van der Waals surface area contributed by atoms with E-state index in [-0.39, 0.29) is 35.4 Å². The summed E-state index contributed by atoms with van der Waals surface area (Å²) in [5, 5.41) is 3.29. The van der Waals surface area contributed by atoms with E-state index in [1.807, 2.05) is 17.9 Å². The van der Waals surface area contributed by atoms with Gasteiger partial charge in [-0.1, -0.05) is 39.0 Å². The third-order valence-corrected chi connectivity index (χ3v) is 4.60. The summed E-state index contributed by atoms with van der Waals surface area (Å²) in [6, 6.07) is 6.73. The molecule has 1 aromatic rings. The van der Waals surface area contributed by atoms with Crippen molar-refractivity contribution in [1.82, 2.24) is 10.2 Å². The molecule has 0 aromatic heterocycles. The third-order valence-electron chi connectivity index (χ3n) is 4.60. The summed E-state index contributed by atoms with van der Waals surface area (Å²) in [6.45, 7) is 6.29. The average Bonchev–Trinajstić information content (AvgIpc) is 2.90. The molecule has 1 aromatic carbocycles. The van der Waals surface area contributed by atoms with Crippen molar-refractivity contribution in [3.63, 3.8) is 0 Å². The Kier molecular flexibility index (Phi) is 3.09. The third kappa shape index (κ3) is 2.03. The van der Waals surface area contributed by atoms with E-state index in [1.54, 1.807) is 12.1 Å². The first-order valence-electron chi connectivity index (χ1n) is 7.28. The summed E-state index contributed by atoms with van der Waals surface area (Å²) in [5.41, 5.74) is 0.711. The first-order chi connectivity index (χ1) is 9.45. The fourth-order valence-electron chi connectivity index (χ4n) is 3.13. The van der Waals surface area contributed by atoms with E-state index in [0.29, 0.717) is 5.56 Å². The fourth-order valence-corrected chi connectivity index (χ4v) is 3.13. The Morgan fingerprint density at radius 3 is 2.60 bits per heavy atom. The lowest BCUT2D eigenvalue weighted by Crippen LogP contribution is -2.35. The molecule has 3 nitrogen and oxygen atoms in total. The van der Waals surface area contributed by atoms with Gasteiger partial charge >= 0.3 is 0 Å². The Bertz CT molecular complexity index is 543. The highest BCUT2D eigenvalue weighted by atomic mass is 19.1. The SMILES string of the molecule is CCC1NC(c2ccccc2F)N(C2CC2(C)C)C1=O. The molecule has 2 aliphatic rings. The monoisotopic (exact) mass is 276 g/mol. The number of amides is 1. The Hall–Kier alpha value is -1.42. The number of benzene rings is 1. The minimum Gasteiger partial charge on any atom is -0.318 e. The largest absolute Gasteiger partial charge is 0.318 e. The molecule has 3 unspecified atom stereocenters.